The van der Waals surface area contributed by atoms with Crippen molar-refractivity contribution in [3.63, 3.8) is 0 Å². The Morgan fingerprint density at radius 1 is 1.17 bits per heavy atom. The Morgan fingerprint density at radius 3 is 2.28 bits per heavy atom. The van der Waals surface area contributed by atoms with Crippen molar-refractivity contribution in [1.29, 1.82) is 0 Å². The van der Waals surface area contributed by atoms with E-state index >= 15 is 0 Å². The smallest absolute Gasteiger partial charge is 0.0361 e. The van der Waals surface area contributed by atoms with Gasteiger partial charge in [0.1, 0.15) is 0 Å². The fourth-order valence-electron chi connectivity index (χ4n) is 2.64. The first kappa shape index (κ1) is 13.4. The van der Waals surface area contributed by atoms with Gasteiger partial charge in [0.25, 0.3) is 0 Å². The van der Waals surface area contributed by atoms with Gasteiger partial charge in [-0.05, 0) is 43.6 Å². The fourth-order valence-corrected chi connectivity index (χ4v) is 2.64. The van der Waals surface area contributed by atoms with Crippen molar-refractivity contribution in [1.82, 2.24) is 4.90 Å². The highest BCUT2D eigenvalue weighted by molar-refractivity contribution is 5.46. The third kappa shape index (κ3) is 3.24. The molecule has 0 radical (unpaired) electrons. The monoisotopic (exact) mass is 247 g/mol. The van der Waals surface area contributed by atoms with E-state index in [0.29, 0.717) is 5.92 Å². The Kier molecular flexibility index (Phi) is 4.61. The lowest BCUT2D eigenvalue weighted by atomic mass is 9.98. The second-order valence-electron chi connectivity index (χ2n) is 5.43. The van der Waals surface area contributed by atoms with E-state index in [0.717, 1.165) is 13.1 Å². The van der Waals surface area contributed by atoms with Crippen molar-refractivity contribution in [2.75, 3.05) is 45.2 Å². The van der Waals surface area contributed by atoms with E-state index < -0.39 is 0 Å². The number of hydrogen-bond donors (Lipinski definition) is 1. The van der Waals surface area contributed by atoms with Crippen molar-refractivity contribution in [2.24, 2.45) is 5.73 Å². The van der Waals surface area contributed by atoms with Crippen LogP contribution < -0.4 is 10.6 Å². The number of likely N-dealkylation sites (tertiary alicyclic amines) is 1. The van der Waals surface area contributed by atoms with Gasteiger partial charge >= 0.3 is 0 Å². The highest BCUT2D eigenvalue weighted by atomic mass is 15.1. The molecule has 0 aromatic heterocycles. The molecule has 1 unspecified atom stereocenters. The zero-order chi connectivity index (χ0) is 13.0. The van der Waals surface area contributed by atoms with Gasteiger partial charge in [0.2, 0.25) is 0 Å². The molecule has 1 aromatic carbocycles. The number of nitrogens with zero attached hydrogens (tertiary/aromatic N) is 2. The van der Waals surface area contributed by atoms with Crippen LogP contribution in [0.1, 0.15) is 24.3 Å². The van der Waals surface area contributed by atoms with Crippen molar-refractivity contribution >= 4 is 5.69 Å². The second-order valence-corrected chi connectivity index (χ2v) is 5.43. The molecule has 3 heteroatoms. The van der Waals surface area contributed by atoms with Gasteiger partial charge in [0.15, 0.2) is 0 Å². The number of anilines is 1. The summed E-state index contributed by atoms with van der Waals surface area (Å²) in [5, 5.41) is 0. The Balaban J connectivity index is 2.02. The highest BCUT2D eigenvalue weighted by Gasteiger charge is 2.17. The summed E-state index contributed by atoms with van der Waals surface area (Å²) in [6.07, 6.45) is 2.69. The topological polar surface area (TPSA) is 32.5 Å². The van der Waals surface area contributed by atoms with Crippen LogP contribution in [-0.4, -0.2) is 45.2 Å². The minimum absolute atomic E-state index is 0.472. The first-order valence-corrected chi connectivity index (χ1v) is 6.90. The molecule has 1 atom stereocenters. The van der Waals surface area contributed by atoms with E-state index in [9.17, 15) is 0 Å². The molecule has 100 valence electrons. The highest BCUT2D eigenvalue weighted by Crippen LogP contribution is 2.21. The number of hydrogen-bond acceptors (Lipinski definition) is 3. The summed E-state index contributed by atoms with van der Waals surface area (Å²) in [7, 11) is 4.14. The predicted molar refractivity (Wildman–Crippen MR) is 78.2 cm³/mol. The van der Waals surface area contributed by atoms with Crippen LogP contribution in [0.4, 0.5) is 5.69 Å². The summed E-state index contributed by atoms with van der Waals surface area (Å²) in [5.74, 6) is 0.472. The van der Waals surface area contributed by atoms with E-state index in [1.807, 2.05) is 0 Å². The van der Waals surface area contributed by atoms with Gasteiger partial charge in [0, 0.05) is 38.8 Å². The van der Waals surface area contributed by atoms with Crippen LogP contribution in [0.2, 0.25) is 0 Å². The van der Waals surface area contributed by atoms with Gasteiger partial charge in [-0.3, -0.25) is 0 Å². The molecule has 2 N–H and O–H groups in total. The third-order valence-electron chi connectivity index (χ3n) is 3.84. The SMILES string of the molecule is CN(C)c1ccc(C(CN)CN2CCCC2)cc1. The average molecular weight is 247 g/mol. The van der Waals surface area contributed by atoms with E-state index in [4.69, 9.17) is 5.73 Å². The minimum Gasteiger partial charge on any atom is -0.378 e. The van der Waals surface area contributed by atoms with E-state index in [1.165, 1.54) is 37.2 Å². The molecule has 2 rings (SSSR count). The van der Waals surface area contributed by atoms with Crippen molar-refractivity contribution in [3.05, 3.63) is 29.8 Å². The van der Waals surface area contributed by atoms with Gasteiger partial charge in [-0.25, -0.2) is 0 Å². The molecule has 0 saturated carbocycles. The van der Waals surface area contributed by atoms with Crippen LogP contribution in [0.15, 0.2) is 24.3 Å². The lowest BCUT2D eigenvalue weighted by molar-refractivity contribution is 0.315. The molecule has 0 bridgehead atoms. The standard InChI is InChI=1S/C15H25N3/c1-17(2)15-7-5-13(6-8-15)14(11-16)12-18-9-3-4-10-18/h5-8,14H,3-4,9-12,16H2,1-2H3. The zero-order valence-electron chi connectivity index (χ0n) is 11.6. The summed E-state index contributed by atoms with van der Waals surface area (Å²) >= 11 is 0. The van der Waals surface area contributed by atoms with Crippen LogP contribution in [0.25, 0.3) is 0 Å². The molecule has 0 aliphatic carbocycles. The van der Waals surface area contributed by atoms with Gasteiger partial charge in [-0.2, -0.15) is 0 Å². The Labute approximate surface area is 111 Å². The van der Waals surface area contributed by atoms with Crippen LogP contribution in [0.3, 0.4) is 0 Å². The van der Waals surface area contributed by atoms with Crippen molar-refractivity contribution in [2.45, 2.75) is 18.8 Å². The van der Waals surface area contributed by atoms with Gasteiger partial charge < -0.3 is 15.5 Å². The maximum atomic E-state index is 5.94. The Morgan fingerprint density at radius 2 is 1.78 bits per heavy atom. The second kappa shape index (κ2) is 6.21. The molecule has 1 saturated heterocycles. The molecule has 1 aliphatic heterocycles. The molecule has 1 fully saturated rings. The first-order valence-electron chi connectivity index (χ1n) is 6.90. The predicted octanol–water partition coefficient (Wildman–Crippen LogP) is 1.89. The Hall–Kier alpha value is -1.06. The fraction of sp³-hybridized carbons (Fsp3) is 0.600. The maximum absolute atomic E-state index is 5.94. The van der Waals surface area contributed by atoms with E-state index in [1.54, 1.807) is 0 Å². The third-order valence-corrected chi connectivity index (χ3v) is 3.84. The molecule has 0 spiro atoms. The van der Waals surface area contributed by atoms with Gasteiger partial charge in [-0.1, -0.05) is 12.1 Å². The molecule has 1 aliphatic rings. The summed E-state index contributed by atoms with van der Waals surface area (Å²) in [4.78, 5) is 4.67. The van der Waals surface area contributed by atoms with Crippen molar-refractivity contribution in [3.8, 4) is 0 Å². The van der Waals surface area contributed by atoms with E-state index in [2.05, 4.69) is 48.2 Å². The molecule has 3 nitrogen and oxygen atoms in total. The van der Waals surface area contributed by atoms with E-state index in [-0.39, 0.29) is 0 Å². The molecule has 1 heterocycles. The molecular formula is C15H25N3. The van der Waals surface area contributed by atoms with Crippen molar-refractivity contribution < 1.29 is 0 Å². The van der Waals surface area contributed by atoms with Gasteiger partial charge in [0.05, 0.1) is 0 Å². The lowest BCUT2D eigenvalue weighted by Crippen LogP contribution is -2.29. The number of rotatable bonds is 5. The summed E-state index contributed by atoms with van der Waals surface area (Å²) < 4.78 is 0. The molecular weight excluding hydrogens is 222 g/mol. The van der Waals surface area contributed by atoms with Crippen LogP contribution >= 0.6 is 0 Å². The van der Waals surface area contributed by atoms with Crippen LogP contribution in [0.5, 0.6) is 0 Å². The number of benzene rings is 1. The molecule has 0 amide bonds. The summed E-state index contributed by atoms with van der Waals surface area (Å²) in [5.41, 5.74) is 8.56. The number of nitrogens with two attached hydrogens (primary N) is 1. The zero-order valence-corrected chi connectivity index (χ0v) is 11.6. The first-order chi connectivity index (χ1) is 8.70. The average Bonchev–Trinajstić information content (AvgIpc) is 2.89. The maximum Gasteiger partial charge on any atom is 0.0361 e. The lowest BCUT2D eigenvalue weighted by Gasteiger charge is -2.23. The largest absolute Gasteiger partial charge is 0.378 e. The quantitative estimate of drug-likeness (QED) is 0.862. The van der Waals surface area contributed by atoms with Gasteiger partial charge in [-0.15, -0.1) is 0 Å². The van der Waals surface area contributed by atoms with Crippen LogP contribution in [-0.2, 0) is 0 Å². The van der Waals surface area contributed by atoms with Crippen LogP contribution in [0, 0.1) is 0 Å². The molecule has 18 heavy (non-hydrogen) atoms. The molecule has 1 aromatic rings. The normalized spacial score (nSPS) is 17.9. The summed E-state index contributed by atoms with van der Waals surface area (Å²) in [6, 6.07) is 8.82. The minimum atomic E-state index is 0.472. The summed E-state index contributed by atoms with van der Waals surface area (Å²) in [6.45, 7) is 4.33. The Bertz CT molecular complexity index is 353.